The average molecular weight is 352 g/mol. The summed E-state index contributed by atoms with van der Waals surface area (Å²) >= 11 is 0. The van der Waals surface area contributed by atoms with Crippen LogP contribution in [0.3, 0.4) is 0 Å². The SMILES string of the molecule is CN(C)c1nc(N2CCCC2)nc2c1CCN(Cc1cccnc1)CC2. The maximum absolute atomic E-state index is 4.99. The highest BCUT2D eigenvalue weighted by molar-refractivity contribution is 5.53. The minimum Gasteiger partial charge on any atom is -0.362 e. The van der Waals surface area contributed by atoms with Crippen LogP contribution in [0.4, 0.5) is 11.8 Å². The van der Waals surface area contributed by atoms with Gasteiger partial charge in [-0.3, -0.25) is 9.88 Å². The number of pyridine rings is 1. The third kappa shape index (κ3) is 3.65. The number of rotatable bonds is 4. The van der Waals surface area contributed by atoms with Crippen LogP contribution >= 0.6 is 0 Å². The fraction of sp³-hybridized carbons (Fsp3) is 0.550. The predicted octanol–water partition coefficient (Wildman–Crippen LogP) is 2.14. The Labute approximate surface area is 155 Å². The Morgan fingerprint density at radius 2 is 1.85 bits per heavy atom. The Bertz CT molecular complexity index is 739. The molecule has 6 heteroatoms. The second-order valence-electron chi connectivity index (χ2n) is 7.50. The first-order chi connectivity index (χ1) is 12.7. The van der Waals surface area contributed by atoms with Gasteiger partial charge in [-0.2, -0.15) is 4.98 Å². The van der Waals surface area contributed by atoms with E-state index in [2.05, 4.69) is 39.8 Å². The molecule has 0 saturated carbocycles. The van der Waals surface area contributed by atoms with Gasteiger partial charge in [0.15, 0.2) is 0 Å². The number of hydrogen-bond acceptors (Lipinski definition) is 6. The van der Waals surface area contributed by atoms with Crippen molar-refractivity contribution >= 4 is 11.8 Å². The van der Waals surface area contributed by atoms with Crippen molar-refractivity contribution in [2.75, 3.05) is 50.1 Å². The second-order valence-corrected chi connectivity index (χ2v) is 7.50. The first-order valence-corrected chi connectivity index (χ1v) is 9.64. The molecule has 138 valence electrons. The summed E-state index contributed by atoms with van der Waals surface area (Å²) in [5.41, 5.74) is 3.83. The highest BCUT2D eigenvalue weighted by Crippen LogP contribution is 2.27. The van der Waals surface area contributed by atoms with Gasteiger partial charge in [0.2, 0.25) is 5.95 Å². The molecule has 26 heavy (non-hydrogen) atoms. The van der Waals surface area contributed by atoms with E-state index in [1.165, 1.54) is 29.7 Å². The Hall–Kier alpha value is -2.21. The van der Waals surface area contributed by atoms with E-state index in [0.717, 1.165) is 57.3 Å². The zero-order valence-electron chi connectivity index (χ0n) is 15.9. The summed E-state index contributed by atoms with van der Waals surface area (Å²) in [6.07, 6.45) is 8.28. The lowest BCUT2D eigenvalue weighted by molar-refractivity contribution is 0.278. The lowest BCUT2D eigenvalue weighted by Gasteiger charge is -2.22. The second kappa shape index (κ2) is 7.58. The van der Waals surface area contributed by atoms with Crippen molar-refractivity contribution in [1.29, 1.82) is 0 Å². The van der Waals surface area contributed by atoms with Crippen LogP contribution in [0.25, 0.3) is 0 Å². The molecule has 6 nitrogen and oxygen atoms in total. The van der Waals surface area contributed by atoms with Gasteiger partial charge in [-0.25, -0.2) is 4.98 Å². The van der Waals surface area contributed by atoms with E-state index in [1.54, 1.807) is 0 Å². The molecule has 2 aromatic rings. The van der Waals surface area contributed by atoms with Gasteiger partial charge in [-0.15, -0.1) is 0 Å². The van der Waals surface area contributed by atoms with Gasteiger partial charge >= 0.3 is 0 Å². The predicted molar refractivity (Wildman–Crippen MR) is 105 cm³/mol. The minimum absolute atomic E-state index is 0.922. The smallest absolute Gasteiger partial charge is 0.227 e. The molecular formula is C20H28N6. The first kappa shape index (κ1) is 17.2. The third-order valence-corrected chi connectivity index (χ3v) is 5.34. The van der Waals surface area contributed by atoms with E-state index in [1.807, 2.05) is 18.5 Å². The molecular weight excluding hydrogens is 324 g/mol. The third-order valence-electron chi connectivity index (χ3n) is 5.34. The van der Waals surface area contributed by atoms with Gasteiger partial charge in [0.25, 0.3) is 0 Å². The van der Waals surface area contributed by atoms with Gasteiger partial charge in [0.05, 0.1) is 5.69 Å². The molecule has 0 aliphatic carbocycles. The van der Waals surface area contributed by atoms with Gasteiger partial charge in [-0.1, -0.05) is 6.07 Å². The molecule has 0 radical (unpaired) electrons. The monoisotopic (exact) mass is 352 g/mol. The molecule has 4 rings (SSSR count). The quantitative estimate of drug-likeness (QED) is 0.840. The van der Waals surface area contributed by atoms with Crippen molar-refractivity contribution in [3.63, 3.8) is 0 Å². The fourth-order valence-corrected chi connectivity index (χ4v) is 3.95. The summed E-state index contributed by atoms with van der Waals surface area (Å²) in [6, 6.07) is 4.17. The topological polar surface area (TPSA) is 48.4 Å². The standard InChI is InChI=1S/C20H28N6/c1-24(2)19-17-7-12-25(15-16-6-5-9-21-14-16)13-8-18(17)22-20(23-19)26-10-3-4-11-26/h5-6,9,14H,3-4,7-8,10-13,15H2,1-2H3. The summed E-state index contributed by atoms with van der Waals surface area (Å²) in [7, 11) is 4.18. The number of nitrogens with zero attached hydrogens (tertiary/aromatic N) is 6. The molecule has 2 aliphatic rings. The van der Waals surface area contributed by atoms with Crippen LogP contribution in [0.1, 0.15) is 29.7 Å². The maximum Gasteiger partial charge on any atom is 0.227 e. The zero-order chi connectivity index (χ0) is 17.9. The van der Waals surface area contributed by atoms with Crippen molar-refractivity contribution in [3.05, 3.63) is 41.3 Å². The van der Waals surface area contributed by atoms with Crippen LogP contribution in [-0.2, 0) is 19.4 Å². The van der Waals surface area contributed by atoms with E-state index >= 15 is 0 Å². The Morgan fingerprint density at radius 3 is 2.58 bits per heavy atom. The fourth-order valence-electron chi connectivity index (χ4n) is 3.95. The van der Waals surface area contributed by atoms with Crippen LogP contribution in [0, 0.1) is 0 Å². The van der Waals surface area contributed by atoms with Crippen molar-refractivity contribution < 1.29 is 0 Å². The molecule has 2 aliphatic heterocycles. The number of aromatic nitrogens is 3. The molecule has 0 spiro atoms. The van der Waals surface area contributed by atoms with E-state index in [0.29, 0.717) is 0 Å². The Kier molecular flexibility index (Phi) is 5.02. The first-order valence-electron chi connectivity index (χ1n) is 9.64. The maximum atomic E-state index is 4.99. The molecule has 0 unspecified atom stereocenters. The van der Waals surface area contributed by atoms with Gasteiger partial charge in [-0.05, 0) is 30.9 Å². The molecule has 0 aromatic carbocycles. The van der Waals surface area contributed by atoms with Crippen molar-refractivity contribution in [2.45, 2.75) is 32.2 Å². The number of fused-ring (bicyclic) bond motifs is 1. The van der Waals surface area contributed by atoms with Crippen LogP contribution in [-0.4, -0.2) is 60.1 Å². The zero-order valence-corrected chi connectivity index (χ0v) is 15.9. The lowest BCUT2D eigenvalue weighted by Crippen LogP contribution is -2.26. The Balaban J connectivity index is 1.57. The molecule has 0 atom stereocenters. The largest absolute Gasteiger partial charge is 0.362 e. The van der Waals surface area contributed by atoms with Crippen molar-refractivity contribution in [1.82, 2.24) is 19.9 Å². The molecule has 0 bridgehead atoms. The number of anilines is 2. The van der Waals surface area contributed by atoms with E-state index < -0.39 is 0 Å². The van der Waals surface area contributed by atoms with Gasteiger partial charge in [0.1, 0.15) is 5.82 Å². The van der Waals surface area contributed by atoms with E-state index in [-0.39, 0.29) is 0 Å². The van der Waals surface area contributed by atoms with Crippen LogP contribution in [0.5, 0.6) is 0 Å². The van der Waals surface area contributed by atoms with Crippen molar-refractivity contribution in [3.8, 4) is 0 Å². The molecule has 0 N–H and O–H groups in total. The van der Waals surface area contributed by atoms with E-state index in [9.17, 15) is 0 Å². The Morgan fingerprint density at radius 1 is 1.04 bits per heavy atom. The average Bonchev–Trinajstić information content (AvgIpc) is 3.12. The summed E-state index contributed by atoms with van der Waals surface area (Å²) in [6.45, 7) is 5.18. The number of hydrogen-bond donors (Lipinski definition) is 0. The summed E-state index contributed by atoms with van der Waals surface area (Å²) in [5.74, 6) is 2.02. The molecule has 1 fully saturated rings. The van der Waals surface area contributed by atoms with Gasteiger partial charge < -0.3 is 9.80 Å². The van der Waals surface area contributed by atoms with Crippen molar-refractivity contribution in [2.24, 2.45) is 0 Å². The summed E-state index contributed by atoms with van der Waals surface area (Å²) in [4.78, 5) is 21.2. The van der Waals surface area contributed by atoms with E-state index in [4.69, 9.17) is 9.97 Å². The molecule has 0 amide bonds. The van der Waals surface area contributed by atoms with Crippen LogP contribution < -0.4 is 9.80 Å². The molecule has 2 aromatic heterocycles. The molecule has 4 heterocycles. The lowest BCUT2D eigenvalue weighted by atomic mass is 10.1. The van der Waals surface area contributed by atoms with Gasteiger partial charge in [0, 0.05) is 71.2 Å². The normalized spacial score (nSPS) is 17.8. The van der Waals surface area contributed by atoms with Crippen LogP contribution in [0.2, 0.25) is 0 Å². The highest BCUT2D eigenvalue weighted by atomic mass is 15.3. The van der Waals surface area contributed by atoms with Crippen LogP contribution in [0.15, 0.2) is 24.5 Å². The minimum atomic E-state index is 0.922. The highest BCUT2D eigenvalue weighted by Gasteiger charge is 2.24. The summed E-state index contributed by atoms with van der Waals surface area (Å²) < 4.78 is 0. The summed E-state index contributed by atoms with van der Waals surface area (Å²) in [5, 5.41) is 0. The molecule has 1 saturated heterocycles.